The van der Waals surface area contributed by atoms with Crippen molar-refractivity contribution in [1.82, 2.24) is 10.3 Å². The smallest absolute Gasteiger partial charge is 0.251 e. The van der Waals surface area contributed by atoms with Gasteiger partial charge >= 0.3 is 0 Å². The molecule has 0 unspecified atom stereocenters. The molecule has 0 atom stereocenters. The normalized spacial score (nSPS) is 10.9. The van der Waals surface area contributed by atoms with Crippen molar-refractivity contribution in [3.63, 3.8) is 0 Å². The van der Waals surface area contributed by atoms with Gasteiger partial charge in [-0.3, -0.25) is 9.59 Å². The first-order valence-electron chi connectivity index (χ1n) is 10.8. The summed E-state index contributed by atoms with van der Waals surface area (Å²) in [6.07, 6.45) is 0. The van der Waals surface area contributed by atoms with Crippen molar-refractivity contribution in [2.45, 2.75) is 6.92 Å². The summed E-state index contributed by atoms with van der Waals surface area (Å²) in [6.45, 7) is 1.54. The number of thiophene rings is 1. The second-order valence-electron chi connectivity index (χ2n) is 7.72. The fraction of sp³-hybridized carbons (Fsp3) is 0.192. The Bertz CT molecular complexity index is 1400. The first kappa shape index (κ1) is 24.3. The van der Waals surface area contributed by atoms with E-state index < -0.39 is 5.91 Å². The van der Waals surface area contributed by atoms with E-state index >= 15 is 0 Å². The Morgan fingerprint density at radius 3 is 2.74 bits per heavy atom. The average molecular weight is 495 g/mol. The molecule has 0 aliphatic heterocycles. The fourth-order valence-electron chi connectivity index (χ4n) is 3.61. The number of aryl methyl sites for hydroxylation is 1. The predicted molar refractivity (Wildman–Crippen MR) is 132 cm³/mol. The van der Waals surface area contributed by atoms with Crippen LogP contribution in [-0.4, -0.2) is 48.6 Å². The van der Waals surface area contributed by atoms with Gasteiger partial charge in [-0.15, -0.1) is 11.3 Å². The third-order valence-corrected chi connectivity index (χ3v) is 6.27. The van der Waals surface area contributed by atoms with Crippen LogP contribution in [0.2, 0.25) is 0 Å². The third-order valence-electron chi connectivity index (χ3n) is 5.27. The molecule has 0 spiro atoms. The highest BCUT2D eigenvalue weighted by Crippen LogP contribution is 2.35. The van der Waals surface area contributed by atoms with Gasteiger partial charge in [0.15, 0.2) is 17.3 Å². The van der Waals surface area contributed by atoms with Crippen molar-refractivity contribution in [1.29, 1.82) is 0 Å². The van der Waals surface area contributed by atoms with Gasteiger partial charge in [-0.05, 0) is 48.9 Å². The van der Waals surface area contributed by atoms with Crippen LogP contribution >= 0.6 is 11.3 Å². The summed E-state index contributed by atoms with van der Waals surface area (Å²) in [5.41, 5.74) is 2.64. The predicted octanol–water partition coefficient (Wildman–Crippen LogP) is 4.40. The summed E-state index contributed by atoms with van der Waals surface area (Å²) >= 11 is 1.29. The van der Waals surface area contributed by atoms with Gasteiger partial charge < -0.3 is 19.9 Å². The number of fused-ring (bicyclic) bond motifs is 1. The van der Waals surface area contributed by atoms with Gasteiger partial charge in [-0.25, -0.2) is 9.37 Å². The first-order chi connectivity index (χ1) is 16.9. The Hall–Kier alpha value is -3.82. The lowest BCUT2D eigenvalue weighted by Gasteiger charge is -2.12. The molecular formula is C26H23FN2O5S. The summed E-state index contributed by atoms with van der Waals surface area (Å²) in [4.78, 5) is 30.0. The summed E-state index contributed by atoms with van der Waals surface area (Å²) < 4.78 is 25.3. The highest BCUT2D eigenvalue weighted by molar-refractivity contribution is 7.17. The average Bonchev–Trinajstić information content (AvgIpc) is 3.31. The zero-order valence-electron chi connectivity index (χ0n) is 19.1. The second kappa shape index (κ2) is 10.6. The minimum atomic E-state index is -0.461. The number of nitrogens with one attached hydrogen (secondary N) is 1. The highest BCUT2D eigenvalue weighted by atomic mass is 32.1. The molecule has 0 bridgehead atoms. The van der Waals surface area contributed by atoms with Gasteiger partial charge in [0.05, 0.1) is 30.7 Å². The number of carbonyl (C=O) groups is 2. The Morgan fingerprint density at radius 2 is 1.97 bits per heavy atom. The number of ether oxygens (including phenoxy) is 2. The summed E-state index contributed by atoms with van der Waals surface area (Å²) in [5, 5.41) is 14.1. The number of aliphatic hydroxyl groups excluding tert-OH is 1. The maximum absolute atomic E-state index is 14.1. The number of hydrogen-bond donors (Lipinski definition) is 2. The quantitative estimate of drug-likeness (QED) is 0.335. The zero-order valence-corrected chi connectivity index (χ0v) is 19.9. The van der Waals surface area contributed by atoms with Crippen molar-refractivity contribution < 1.29 is 28.6 Å². The van der Waals surface area contributed by atoms with Crippen LogP contribution in [0, 0.1) is 12.7 Å². The second-order valence-corrected chi connectivity index (χ2v) is 8.60. The molecule has 4 aromatic rings. The minimum Gasteiger partial charge on any atom is -0.493 e. The number of carbonyl (C=O) groups excluding carboxylic acids is 2. The zero-order chi connectivity index (χ0) is 24.9. The lowest BCUT2D eigenvalue weighted by Crippen LogP contribution is -2.30. The molecule has 2 aromatic carbocycles. The number of aromatic nitrogens is 1. The van der Waals surface area contributed by atoms with Crippen LogP contribution < -0.4 is 14.8 Å². The molecule has 4 rings (SSSR count). The maximum Gasteiger partial charge on any atom is 0.251 e. The van der Waals surface area contributed by atoms with E-state index in [1.54, 1.807) is 24.3 Å². The van der Waals surface area contributed by atoms with Crippen LogP contribution in [0.3, 0.4) is 0 Å². The number of ketones is 1. The number of methoxy groups -OCH3 is 1. The molecule has 0 saturated carbocycles. The van der Waals surface area contributed by atoms with Crippen molar-refractivity contribution in [2.75, 3.05) is 26.9 Å². The van der Waals surface area contributed by atoms with E-state index in [0.29, 0.717) is 21.9 Å². The van der Waals surface area contributed by atoms with Crippen molar-refractivity contribution in [3.8, 4) is 22.8 Å². The van der Waals surface area contributed by atoms with E-state index in [9.17, 15) is 14.0 Å². The van der Waals surface area contributed by atoms with Gasteiger partial charge in [0.25, 0.3) is 5.91 Å². The molecule has 35 heavy (non-hydrogen) atoms. The lowest BCUT2D eigenvalue weighted by atomic mass is 10.1. The Morgan fingerprint density at radius 1 is 1.14 bits per heavy atom. The fourth-order valence-corrected chi connectivity index (χ4v) is 4.57. The number of nitrogens with zero attached hydrogens (tertiary/aromatic N) is 1. The van der Waals surface area contributed by atoms with Crippen molar-refractivity contribution in [3.05, 3.63) is 76.5 Å². The van der Waals surface area contributed by atoms with Gasteiger partial charge in [0, 0.05) is 21.9 Å². The largest absolute Gasteiger partial charge is 0.493 e. The van der Waals surface area contributed by atoms with Gasteiger partial charge in [-0.1, -0.05) is 12.1 Å². The number of amides is 1. The molecule has 2 N–H and O–H groups in total. The summed E-state index contributed by atoms with van der Waals surface area (Å²) in [5.74, 6) is -0.384. The van der Waals surface area contributed by atoms with E-state index in [1.807, 2.05) is 24.4 Å². The third kappa shape index (κ3) is 5.31. The van der Waals surface area contributed by atoms with Crippen LogP contribution in [-0.2, 0) is 0 Å². The Balaban J connectivity index is 1.50. The number of halogens is 1. The summed E-state index contributed by atoms with van der Waals surface area (Å²) in [6, 6.07) is 13.0. The molecular weight excluding hydrogens is 471 g/mol. The van der Waals surface area contributed by atoms with Crippen LogP contribution in [0.5, 0.6) is 11.5 Å². The Kier molecular flexibility index (Phi) is 7.38. The van der Waals surface area contributed by atoms with Gasteiger partial charge in [-0.2, -0.15) is 0 Å². The van der Waals surface area contributed by atoms with Crippen molar-refractivity contribution >= 4 is 33.1 Å². The van der Waals surface area contributed by atoms with Crippen molar-refractivity contribution in [2.24, 2.45) is 0 Å². The molecule has 0 aliphatic rings. The molecule has 0 saturated heterocycles. The SMILES string of the molecule is COc1cc(C(=O)NCC(=O)c2cc(C)cc(-c3csc4c(F)cccc34)n2)ccc1OCCO. The molecule has 2 aromatic heterocycles. The van der Waals surface area contributed by atoms with E-state index in [4.69, 9.17) is 14.6 Å². The van der Waals surface area contributed by atoms with Crippen LogP contribution in [0.25, 0.3) is 21.3 Å². The molecule has 180 valence electrons. The standard InChI is InChI=1S/C26H23FN2O5S/c1-15-10-20(18-14-35-25-17(18)4-3-5-19(25)27)29-21(11-15)22(31)13-28-26(32)16-6-7-23(34-9-8-30)24(12-16)33-2/h3-7,10-12,14,30H,8-9,13H2,1-2H3,(H,28,32). The maximum atomic E-state index is 14.1. The minimum absolute atomic E-state index is 0.0952. The lowest BCUT2D eigenvalue weighted by molar-refractivity contribution is 0.0902. The van der Waals surface area contributed by atoms with E-state index in [0.717, 1.165) is 16.5 Å². The number of rotatable bonds is 9. The number of benzene rings is 2. The monoisotopic (exact) mass is 494 g/mol. The van der Waals surface area contributed by atoms with E-state index in [-0.39, 0.29) is 42.6 Å². The van der Waals surface area contributed by atoms with E-state index in [2.05, 4.69) is 10.3 Å². The topological polar surface area (TPSA) is 97.8 Å². The molecule has 0 fully saturated rings. The Labute approximate surface area is 205 Å². The van der Waals surface area contributed by atoms with Crippen LogP contribution in [0.15, 0.2) is 53.9 Å². The number of aliphatic hydroxyl groups is 1. The highest BCUT2D eigenvalue weighted by Gasteiger charge is 2.17. The van der Waals surface area contributed by atoms with Gasteiger partial charge in [0.2, 0.25) is 0 Å². The first-order valence-corrected chi connectivity index (χ1v) is 11.7. The number of pyridine rings is 1. The molecule has 0 radical (unpaired) electrons. The number of Topliss-reactive ketones (excluding diaryl/α,β-unsaturated/α-hetero) is 1. The molecule has 0 aliphatic carbocycles. The van der Waals surface area contributed by atoms with Crippen LogP contribution in [0.4, 0.5) is 4.39 Å². The van der Waals surface area contributed by atoms with E-state index in [1.165, 1.54) is 30.6 Å². The van der Waals surface area contributed by atoms with Gasteiger partial charge in [0.1, 0.15) is 18.1 Å². The molecule has 9 heteroatoms. The molecule has 2 heterocycles. The molecule has 1 amide bonds. The molecule has 7 nitrogen and oxygen atoms in total. The summed E-state index contributed by atoms with van der Waals surface area (Å²) in [7, 11) is 1.44. The number of hydrogen-bond acceptors (Lipinski definition) is 7. The van der Waals surface area contributed by atoms with Crippen LogP contribution in [0.1, 0.15) is 26.4 Å².